The third-order valence-corrected chi connectivity index (χ3v) is 8.05. The molecule has 0 amide bonds. The highest BCUT2D eigenvalue weighted by Crippen LogP contribution is 2.59. The molecule has 2 unspecified atom stereocenters. The van der Waals surface area contributed by atoms with Gasteiger partial charge in [0.15, 0.2) is 11.6 Å². The van der Waals surface area contributed by atoms with E-state index in [1.165, 1.54) is 6.07 Å². The summed E-state index contributed by atoms with van der Waals surface area (Å²) in [7, 11) is 0. The molecule has 2 saturated heterocycles. The first kappa shape index (κ1) is 19.2. The molecule has 1 aromatic heterocycles. The van der Waals surface area contributed by atoms with Crippen LogP contribution in [-0.4, -0.2) is 53.9 Å². The van der Waals surface area contributed by atoms with Gasteiger partial charge in [-0.2, -0.15) is 0 Å². The largest absolute Gasteiger partial charge is 0.381 e. The summed E-state index contributed by atoms with van der Waals surface area (Å²) >= 11 is 0. The Kier molecular flexibility index (Phi) is 4.78. The minimum absolute atomic E-state index is 0.0648. The minimum atomic E-state index is -1.27. The Labute approximate surface area is 194 Å². The first-order chi connectivity index (χ1) is 16.7. The highest BCUT2D eigenvalue weighted by molar-refractivity contribution is 5.60. The smallest absolute Gasteiger partial charge is 0.168 e. The summed E-state index contributed by atoms with van der Waals surface area (Å²) in [5.74, 6) is -1.78. The molecular formula is C25H29F3N4O. The lowest BCUT2D eigenvalue weighted by Crippen LogP contribution is -2.29. The highest BCUT2D eigenvalue weighted by atomic mass is 19.2. The van der Waals surface area contributed by atoms with Gasteiger partial charge in [0.2, 0.25) is 0 Å². The molecule has 2 saturated carbocycles. The molecule has 2 aliphatic heterocycles. The van der Waals surface area contributed by atoms with E-state index in [2.05, 4.69) is 20.4 Å². The number of halogens is 3. The van der Waals surface area contributed by atoms with Crippen molar-refractivity contribution in [2.75, 3.05) is 38.1 Å². The number of aromatic nitrogens is 2. The number of hydrogen-bond donors (Lipinski definition) is 1. The molecular weight excluding hydrogens is 429 g/mol. The predicted octanol–water partition coefficient (Wildman–Crippen LogP) is 4.50. The predicted molar refractivity (Wildman–Crippen MR) is 118 cm³/mol. The number of hydrogen-bond acceptors (Lipinski definition) is 5. The number of anilines is 1. The van der Waals surface area contributed by atoms with E-state index >= 15 is 0 Å². The normalized spacial score (nSPS) is 31.8. The Balaban J connectivity index is 1.06. The fourth-order valence-electron chi connectivity index (χ4n) is 6.11. The summed E-state index contributed by atoms with van der Waals surface area (Å²) in [6.45, 7) is 1.78. The second kappa shape index (κ2) is 8.24. The summed E-state index contributed by atoms with van der Waals surface area (Å²) in [6.07, 6.45) is 4.78. The van der Waals surface area contributed by atoms with Crippen molar-refractivity contribution in [3.05, 3.63) is 41.7 Å². The van der Waals surface area contributed by atoms with E-state index in [4.69, 9.17) is 7.48 Å². The van der Waals surface area contributed by atoms with Crippen molar-refractivity contribution in [2.24, 2.45) is 23.2 Å². The maximum Gasteiger partial charge on any atom is 0.168 e. The van der Waals surface area contributed by atoms with Crippen molar-refractivity contribution in [3.8, 4) is 11.3 Å². The second-order valence-electron chi connectivity index (χ2n) is 10.2. The van der Waals surface area contributed by atoms with Crippen LogP contribution in [0.1, 0.15) is 34.8 Å². The van der Waals surface area contributed by atoms with Gasteiger partial charge in [-0.05, 0) is 73.5 Å². The van der Waals surface area contributed by atoms with E-state index in [-0.39, 0.29) is 28.6 Å². The molecule has 2 aromatic rings. The van der Waals surface area contributed by atoms with Crippen LogP contribution in [0.5, 0.6) is 0 Å². The van der Waals surface area contributed by atoms with Crippen LogP contribution < -0.4 is 5.32 Å². The van der Waals surface area contributed by atoms with E-state index in [1.807, 2.05) is 0 Å². The van der Waals surface area contributed by atoms with Crippen molar-refractivity contribution in [2.45, 2.75) is 38.1 Å². The van der Waals surface area contributed by atoms with Gasteiger partial charge in [0.1, 0.15) is 11.6 Å². The zero-order chi connectivity index (χ0) is 24.4. The third-order valence-electron chi connectivity index (χ3n) is 8.05. The van der Waals surface area contributed by atoms with Crippen molar-refractivity contribution in [1.82, 2.24) is 15.1 Å². The van der Waals surface area contributed by atoms with Crippen LogP contribution in [0.2, 0.25) is 0 Å². The number of likely N-dealkylation sites (tertiary alicyclic amines) is 1. The summed E-state index contributed by atoms with van der Waals surface area (Å²) in [5, 5.41) is 11.4. The van der Waals surface area contributed by atoms with E-state index < -0.39 is 23.9 Å². The molecule has 8 heteroatoms. The molecule has 3 heterocycles. The average Bonchev–Trinajstić information content (AvgIpc) is 3.17. The van der Waals surface area contributed by atoms with Crippen LogP contribution in [0, 0.1) is 40.6 Å². The van der Waals surface area contributed by atoms with Gasteiger partial charge in [-0.3, -0.25) is 0 Å². The van der Waals surface area contributed by atoms with E-state index in [1.54, 1.807) is 6.07 Å². The minimum Gasteiger partial charge on any atom is -0.381 e. The van der Waals surface area contributed by atoms with Gasteiger partial charge >= 0.3 is 0 Å². The average molecular weight is 461 g/mol. The van der Waals surface area contributed by atoms with Crippen molar-refractivity contribution in [3.63, 3.8) is 0 Å². The molecule has 5 nitrogen and oxygen atoms in total. The standard InChI is InChI=1S/C25H29F3N4O/c26-18-9-20(24(28)21(27)10-18)22-1-2-23(31-30-22)29-19-7-15-12-32(13-16(15)8-19)14-17-11-25(17)3-5-33-6-4-25/h1-2,9-10,15-17,19H,3-8,11-14H2,(H,29,31)/t15-,16+,17?,19?/i14D2. The van der Waals surface area contributed by atoms with Crippen LogP contribution in [0.4, 0.5) is 19.0 Å². The Morgan fingerprint density at radius 3 is 2.55 bits per heavy atom. The number of ether oxygens (including phenoxy) is 1. The highest BCUT2D eigenvalue weighted by Gasteiger charge is 2.55. The summed E-state index contributed by atoms with van der Waals surface area (Å²) in [6, 6.07) is 4.75. The molecule has 1 aromatic carbocycles. The quantitative estimate of drug-likeness (QED) is 0.666. The van der Waals surface area contributed by atoms with Crippen LogP contribution >= 0.6 is 0 Å². The van der Waals surface area contributed by atoms with E-state index in [9.17, 15) is 13.2 Å². The molecule has 6 rings (SSSR count). The Hall–Kier alpha value is -2.19. The second-order valence-corrected chi connectivity index (χ2v) is 10.2. The lowest BCUT2D eigenvalue weighted by molar-refractivity contribution is 0.0497. The van der Waals surface area contributed by atoms with Crippen molar-refractivity contribution < 1.29 is 20.6 Å². The fraction of sp³-hybridized carbons (Fsp3) is 0.600. The van der Waals surface area contributed by atoms with Crippen LogP contribution in [0.3, 0.4) is 0 Å². The van der Waals surface area contributed by atoms with E-state index in [0.717, 1.165) is 64.5 Å². The van der Waals surface area contributed by atoms with Gasteiger partial charge in [-0.1, -0.05) is 0 Å². The Morgan fingerprint density at radius 2 is 1.85 bits per heavy atom. The topological polar surface area (TPSA) is 50.3 Å². The maximum absolute atomic E-state index is 14.0. The maximum atomic E-state index is 14.0. The Morgan fingerprint density at radius 1 is 1.09 bits per heavy atom. The number of benzene rings is 1. The van der Waals surface area contributed by atoms with Gasteiger partial charge in [-0.25, -0.2) is 13.2 Å². The lowest BCUT2D eigenvalue weighted by Gasteiger charge is -2.25. The van der Waals surface area contributed by atoms with Gasteiger partial charge in [0.25, 0.3) is 0 Å². The van der Waals surface area contributed by atoms with Crippen LogP contribution in [0.15, 0.2) is 24.3 Å². The fourth-order valence-corrected chi connectivity index (χ4v) is 6.11. The summed E-state index contributed by atoms with van der Waals surface area (Å²) in [5.41, 5.74) is -0.0475. The number of nitrogens with one attached hydrogen (secondary N) is 1. The molecule has 4 atom stereocenters. The lowest BCUT2D eigenvalue weighted by atomic mass is 9.94. The summed E-state index contributed by atoms with van der Waals surface area (Å²) in [4.78, 5) is 2.08. The number of fused-ring (bicyclic) bond motifs is 1. The van der Waals surface area contributed by atoms with Crippen molar-refractivity contribution >= 4 is 5.82 Å². The van der Waals surface area contributed by atoms with Gasteiger partial charge < -0.3 is 15.0 Å². The van der Waals surface area contributed by atoms with Crippen LogP contribution in [-0.2, 0) is 4.74 Å². The molecule has 4 fully saturated rings. The first-order valence-electron chi connectivity index (χ1n) is 12.8. The molecule has 33 heavy (non-hydrogen) atoms. The van der Waals surface area contributed by atoms with Crippen molar-refractivity contribution in [1.29, 1.82) is 0 Å². The number of rotatable bonds is 5. The molecule has 1 spiro atoms. The van der Waals surface area contributed by atoms with Gasteiger partial charge in [0, 0.05) is 53.2 Å². The summed E-state index contributed by atoms with van der Waals surface area (Å²) < 4.78 is 64.3. The van der Waals surface area contributed by atoms with Crippen LogP contribution in [0.25, 0.3) is 11.3 Å². The Bertz CT molecular complexity index is 1100. The third kappa shape index (κ3) is 4.12. The molecule has 176 valence electrons. The first-order valence-corrected chi connectivity index (χ1v) is 11.8. The van der Waals surface area contributed by atoms with Gasteiger partial charge in [-0.15, -0.1) is 10.2 Å². The van der Waals surface area contributed by atoms with Gasteiger partial charge in [0.05, 0.1) is 5.69 Å². The number of nitrogens with zero attached hydrogens (tertiary/aromatic N) is 3. The van der Waals surface area contributed by atoms with E-state index in [0.29, 0.717) is 23.7 Å². The SMILES string of the molecule is [2H]C([2H])(C1CC12CCOCC2)N1C[C@H]2CC(Nc3ccc(-c4cc(F)cc(F)c4F)nn3)C[C@H]2C1. The monoisotopic (exact) mass is 460 g/mol. The molecule has 1 N–H and O–H groups in total. The molecule has 4 aliphatic rings. The zero-order valence-corrected chi connectivity index (χ0v) is 18.4. The zero-order valence-electron chi connectivity index (χ0n) is 20.4. The molecule has 0 radical (unpaired) electrons. The molecule has 0 bridgehead atoms. The molecule has 2 aliphatic carbocycles.